The lowest BCUT2D eigenvalue weighted by molar-refractivity contribution is -0.146. The fourth-order valence-corrected chi connectivity index (χ4v) is 6.78. The summed E-state index contributed by atoms with van der Waals surface area (Å²) < 4.78 is 23.7. The Labute approximate surface area is 324 Å². The molecule has 6 heteroatoms. The van der Waals surface area contributed by atoms with Gasteiger partial charge in [0.2, 0.25) is 0 Å². The first-order valence-electron chi connectivity index (χ1n) is 22.7. The normalized spacial score (nSPS) is 13.1. The summed E-state index contributed by atoms with van der Waals surface area (Å²) in [6.07, 6.45) is 31.6. The molecule has 0 saturated carbocycles. The highest BCUT2D eigenvalue weighted by Gasteiger charge is 2.25. The molecule has 0 rings (SSSR count). The summed E-state index contributed by atoms with van der Waals surface area (Å²) in [4.78, 5) is 24.7. The van der Waals surface area contributed by atoms with E-state index in [1.807, 2.05) is 0 Å². The molecule has 0 aromatic heterocycles. The van der Waals surface area contributed by atoms with Crippen LogP contribution in [0.3, 0.4) is 0 Å². The van der Waals surface area contributed by atoms with E-state index >= 15 is 0 Å². The van der Waals surface area contributed by atoms with Crippen LogP contribution < -0.4 is 0 Å². The second-order valence-electron chi connectivity index (χ2n) is 16.9. The lowest BCUT2D eigenvalue weighted by Crippen LogP contribution is -2.34. The van der Waals surface area contributed by atoms with Crippen LogP contribution >= 0.6 is 0 Å². The molecular weight excluding hydrogens is 648 g/mol. The summed E-state index contributed by atoms with van der Waals surface area (Å²) in [6.45, 7) is 19.0. The van der Waals surface area contributed by atoms with Crippen LogP contribution in [0.25, 0.3) is 0 Å². The van der Waals surface area contributed by atoms with Crippen molar-refractivity contribution in [1.82, 2.24) is 0 Å². The summed E-state index contributed by atoms with van der Waals surface area (Å²) in [6, 6.07) is 0. The van der Waals surface area contributed by atoms with Crippen LogP contribution in [-0.2, 0) is 28.5 Å². The molecular formula is C46H90O6. The molecule has 0 saturated heterocycles. The minimum absolute atomic E-state index is 0.0148. The Balaban J connectivity index is 3.96. The van der Waals surface area contributed by atoms with Crippen molar-refractivity contribution in [3.8, 4) is 0 Å². The minimum atomic E-state index is -0.0155. The van der Waals surface area contributed by atoms with Crippen LogP contribution in [0.5, 0.6) is 0 Å². The fraction of sp³-hybridized carbons (Fsp3) is 0.957. The number of hydrogen-bond donors (Lipinski definition) is 0. The Morgan fingerprint density at radius 2 is 0.827 bits per heavy atom. The van der Waals surface area contributed by atoms with E-state index in [0.717, 1.165) is 77.4 Å². The van der Waals surface area contributed by atoms with E-state index < -0.39 is 0 Å². The smallest absolute Gasteiger partial charge is 0.305 e. The van der Waals surface area contributed by atoms with Gasteiger partial charge in [-0.3, -0.25) is 9.59 Å². The molecule has 0 aliphatic rings. The molecule has 0 heterocycles. The molecule has 0 aromatic rings. The molecule has 0 fully saturated rings. The summed E-state index contributed by atoms with van der Waals surface area (Å²) >= 11 is 0. The maximum atomic E-state index is 12.3. The molecule has 0 N–H and O–H groups in total. The third-order valence-corrected chi connectivity index (χ3v) is 10.6. The molecule has 6 nitrogen and oxygen atoms in total. The third-order valence-electron chi connectivity index (χ3n) is 10.6. The van der Waals surface area contributed by atoms with Crippen LogP contribution in [0.2, 0.25) is 0 Å². The van der Waals surface area contributed by atoms with Gasteiger partial charge in [-0.15, -0.1) is 0 Å². The van der Waals surface area contributed by atoms with E-state index in [2.05, 4.69) is 48.5 Å². The highest BCUT2D eigenvalue weighted by Crippen LogP contribution is 2.24. The lowest BCUT2D eigenvalue weighted by atomic mass is 9.89. The summed E-state index contributed by atoms with van der Waals surface area (Å²) in [5.74, 6) is 1.04. The van der Waals surface area contributed by atoms with Crippen molar-refractivity contribution in [3.05, 3.63) is 0 Å². The summed E-state index contributed by atoms with van der Waals surface area (Å²) in [5, 5.41) is 0. The number of esters is 2. The minimum Gasteiger partial charge on any atom is -0.465 e. The van der Waals surface area contributed by atoms with E-state index in [9.17, 15) is 9.59 Å². The summed E-state index contributed by atoms with van der Waals surface area (Å²) in [5.41, 5.74) is 0.0328. The second-order valence-corrected chi connectivity index (χ2v) is 16.9. The monoisotopic (exact) mass is 739 g/mol. The first-order chi connectivity index (χ1) is 25.2. The molecule has 0 bridgehead atoms. The number of ether oxygens (including phenoxy) is 4. The fourth-order valence-electron chi connectivity index (χ4n) is 6.78. The van der Waals surface area contributed by atoms with Crippen LogP contribution in [0.1, 0.15) is 228 Å². The van der Waals surface area contributed by atoms with E-state index in [-0.39, 0.29) is 23.5 Å². The molecule has 2 unspecified atom stereocenters. The van der Waals surface area contributed by atoms with Crippen LogP contribution in [-0.4, -0.2) is 51.1 Å². The molecule has 0 spiro atoms. The average Bonchev–Trinajstić information content (AvgIpc) is 3.11. The average molecular weight is 739 g/mol. The Hall–Kier alpha value is -1.14. The predicted molar refractivity (Wildman–Crippen MR) is 221 cm³/mol. The van der Waals surface area contributed by atoms with Gasteiger partial charge in [-0.25, -0.2) is 0 Å². The molecule has 0 aliphatic heterocycles. The Kier molecular flexibility index (Phi) is 36.0. The van der Waals surface area contributed by atoms with Gasteiger partial charge >= 0.3 is 11.9 Å². The summed E-state index contributed by atoms with van der Waals surface area (Å²) in [7, 11) is 0. The molecule has 0 aromatic carbocycles. The first-order valence-corrected chi connectivity index (χ1v) is 22.7. The van der Waals surface area contributed by atoms with Crippen molar-refractivity contribution in [2.75, 3.05) is 33.0 Å². The number of carbonyl (C=O) groups is 2. The quantitative estimate of drug-likeness (QED) is 0.0462. The van der Waals surface area contributed by atoms with Crippen molar-refractivity contribution in [2.45, 2.75) is 234 Å². The zero-order valence-corrected chi connectivity index (χ0v) is 36.0. The van der Waals surface area contributed by atoms with Crippen molar-refractivity contribution >= 4 is 11.9 Å². The highest BCUT2D eigenvalue weighted by molar-refractivity contribution is 5.69. The Bertz CT molecular complexity index is 767. The first kappa shape index (κ1) is 50.9. The van der Waals surface area contributed by atoms with Crippen molar-refractivity contribution in [3.63, 3.8) is 0 Å². The van der Waals surface area contributed by atoms with Crippen molar-refractivity contribution in [1.29, 1.82) is 0 Å². The van der Waals surface area contributed by atoms with Gasteiger partial charge in [0.05, 0.1) is 25.9 Å². The lowest BCUT2D eigenvalue weighted by Gasteiger charge is -2.30. The number of carbonyl (C=O) groups excluding carboxylic acids is 2. The number of rotatable bonds is 39. The molecule has 0 radical (unpaired) electrons. The van der Waals surface area contributed by atoms with Crippen molar-refractivity contribution < 1.29 is 28.5 Å². The maximum Gasteiger partial charge on any atom is 0.305 e. The van der Waals surface area contributed by atoms with Gasteiger partial charge in [0.1, 0.15) is 0 Å². The standard InChI is InChI=1S/C46H90O6/c1-8-12-16-25-33-41(30-15-11-4)38-51-44(47)34-26-19-17-21-28-36-49-40-43(46(5,6)7)50-37-29-22-18-20-27-35-45(48)52-39-42(31-23-13-9-2)32-24-14-10-3/h41-43H,8-40H2,1-7H3. The molecule has 2 atom stereocenters. The van der Waals surface area contributed by atoms with Gasteiger partial charge in [-0.05, 0) is 68.6 Å². The highest BCUT2D eigenvalue weighted by atomic mass is 16.5. The SMILES string of the molecule is CCCCCCC(CCCC)COC(=O)CCCCCCCOCC(OCCCCCCCC(=O)OCC(CCCCC)CCCCC)C(C)(C)C. The van der Waals surface area contributed by atoms with Gasteiger partial charge in [-0.1, -0.05) is 164 Å². The van der Waals surface area contributed by atoms with E-state index in [0.29, 0.717) is 44.5 Å². The topological polar surface area (TPSA) is 71.1 Å². The number of hydrogen-bond acceptors (Lipinski definition) is 6. The largest absolute Gasteiger partial charge is 0.465 e. The van der Waals surface area contributed by atoms with Crippen LogP contribution in [0, 0.1) is 17.3 Å². The van der Waals surface area contributed by atoms with E-state index in [1.165, 1.54) is 103 Å². The Morgan fingerprint density at radius 1 is 0.442 bits per heavy atom. The van der Waals surface area contributed by atoms with E-state index in [4.69, 9.17) is 18.9 Å². The van der Waals surface area contributed by atoms with Gasteiger partial charge in [-0.2, -0.15) is 0 Å². The maximum absolute atomic E-state index is 12.3. The van der Waals surface area contributed by atoms with Gasteiger partial charge in [0.15, 0.2) is 0 Å². The number of unbranched alkanes of at least 4 members (excludes halogenated alkanes) is 16. The van der Waals surface area contributed by atoms with Gasteiger partial charge < -0.3 is 18.9 Å². The molecule has 0 aliphatic carbocycles. The van der Waals surface area contributed by atoms with Gasteiger partial charge in [0, 0.05) is 26.1 Å². The zero-order chi connectivity index (χ0) is 38.5. The molecule has 52 heavy (non-hydrogen) atoms. The van der Waals surface area contributed by atoms with Crippen LogP contribution in [0.15, 0.2) is 0 Å². The van der Waals surface area contributed by atoms with Crippen molar-refractivity contribution in [2.24, 2.45) is 17.3 Å². The Morgan fingerprint density at radius 3 is 1.31 bits per heavy atom. The second kappa shape index (κ2) is 36.8. The molecule has 0 amide bonds. The zero-order valence-electron chi connectivity index (χ0n) is 36.0. The van der Waals surface area contributed by atoms with Gasteiger partial charge in [0.25, 0.3) is 0 Å². The van der Waals surface area contributed by atoms with E-state index in [1.54, 1.807) is 0 Å². The predicted octanol–water partition coefficient (Wildman–Crippen LogP) is 13.8. The van der Waals surface area contributed by atoms with Crippen LogP contribution in [0.4, 0.5) is 0 Å². The molecule has 310 valence electrons. The third kappa shape index (κ3) is 33.4.